The van der Waals surface area contributed by atoms with Crippen LogP contribution in [0.25, 0.3) is 5.69 Å². The topological polar surface area (TPSA) is 94.3 Å². The lowest BCUT2D eigenvalue weighted by atomic mass is 10.2. The number of hydrazone groups is 1. The van der Waals surface area contributed by atoms with Crippen LogP contribution in [0.4, 0.5) is 5.69 Å². The Hall–Kier alpha value is -3.20. The number of para-hydroxylation sites is 1. The molecule has 0 amide bonds. The number of nitrogens with one attached hydrogen (secondary N) is 1. The maximum Gasteiger partial charge on any atom is 0.365 e. The molecule has 0 bridgehead atoms. The van der Waals surface area contributed by atoms with Crippen LogP contribution < -0.4 is 5.43 Å². The molecule has 2 aromatic carbocycles. The van der Waals surface area contributed by atoms with E-state index in [0.29, 0.717) is 5.16 Å². The van der Waals surface area contributed by atoms with Crippen LogP contribution >= 0.6 is 11.8 Å². The summed E-state index contributed by atoms with van der Waals surface area (Å²) in [4.78, 5) is 12.3. The molecule has 0 atom stereocenters. The molecule has 0 saturated carbocycles. The van der Waals surface area contributed by atoms with Gasteiger partial charge in [-0.05, 0) is 60.3 Å². The molecular weight excluding hydrogens is 364 g/mol. The highest BCUT2D eigenvalue weighted by Gasteiger charge is 2.20. The Bertz CT molecular complexity index is 925. The molecule has 27 heavy (non-hydrogen) atoms. The first kappa shape index (κ1) is 18.6. The van der Waals surface area contributed by atoms with Crippen molar-refractivity contribution in [2.45, 2.75) is 19.0 Å². The first-order chi connectivity index (χ1) is 13.2. The molecule has 0 aliphatic heterocycles. The smallest absolute Gasteiger partial charge is 0.365 e. The first-order valence-electron chi connectivity index (χ1n) is 8.26. The molecule has 8 nitrogen and oxygen atoms in total. The van der Waals surface area contributed by atoms with Gasteiger partial charge in [-0.3, -0.25) is 5.43 Å². The second kappa shape index (κ2) is 8.95. The molecule has 138 valence electrons. The Morgan fingerprint density at radius 1 is 1.19 bits per heavy atom. The summed E-state index contributed by atoms with van der Waals surface area (Å²) in [7, 11) is 0. The first-order valence-corrected chi connectivity index (χ1v) is 9.08. The van der Waals surface area contributed by atoms with Crippen LogP contribution in [0.1, 0.15) is 12.5 Å². The van der Waals surface area contributed by atoms with Crippen molar-refractivity contribution < 1.29 is 9.53 Å². The maximum atomic E-state index is 12.3. The van der Waals surface area contributed by atoms with Crippen LogP contribution in [0, 0.1) is 6.92 Å². The van der Waals surface area contributed by atoms with Crippen molar-refractivity contribution in [2.75, 3.05) is 12.0 Å². The number of esters is 1. The molecular formula is C18H18N6O2S. The molecule has 1 N–H and O–H groups in total. The summed E-state index contributed by atoms with van der Waals surface area (Å²) in [6.45, 7) is 3.98. The zero-order valence-electron chi connectivity index (χ0n) is 14.9. The van der Waals surface area contributed by atoms with Crippen LogP contribution in [0.15, 0.2) is 64.9 Å². The van der Waals surface area contributed by atoms with E-state index in [0.717, 1.165) is 28.7 Å². The number of aryl methyl sites for hydroxylation is 1. The number of hydrogen-bond donors (Lipinski definition) is 1. The van der Waals surface area contributed by atoms with Crippen LogP contribution in [0.3, 0.4) is 0 Å². The molecule has 0 saturated heterocycles. The van der Waals surface area contributed by atoms with Gasteiger partial charge in [-0.2, -0.15) is 9.78 Å². The molecule has 0 aliphatic carbocycles. The highest BCUT2D eigenvalue weighted by atomic mass is 32.2. The number of anilines is 1. The second-order valence-electron chi connectivity index (χ2n) is 5.43. The molecule has 0 fully saturated rings. The van der Waals surface area contributed by atoms with Crippen molar-refractivity contribution in [3.8, 4) is 5.69 Å². The van der Waals surface area contributed by atoms with Gasteiger partial charge >= 0.3 is 5.97 Å². The van der Waals surface area contributed by atoms with Crippen molar-refractivity contribution in [3.05, 3.63) is 60.2 Å². The third-order valence-electron chi connectivity index (χ3n) is 3.42. The van der Waals surface area contributed by atoms with E-state index in [1.807, 2.05) is 61.5 Å². The molecule has 3 rings (SSSR count). The summed E-state index contributed by atoms with van der Waals surface area (Å²) in [5.41, 5.74) is 5.51. The van der Waals surface area contributed by atoms with E-state index >= 15 is 0 Å². The van der Waals surface area contributed by atoms with Gasteiger partial charge in [-0.15, -0.1) is 5.10 Å². The van der Waals surface area contributed by atoms with Gasteiger partial charge in [0.2, 0.25) is 10.2 Å². The third-order valence-corrected chi connectivity index (χ3v) is 4.31. The number of ether oxygens (including phenoxy) is 1. The molecule has 0 spiro atoms. The van der Waals surface area contributed by atoms with Crippen LogP contribution in [-0.2, 0) is 9.53 Å². The molecule has 0 unspecified atom stereocenters. The summed E-state index contributed by atoms with van der Waals surface area (Å²) in [5, 5.41) is 16.4. The van der Waals surface area contributed by atoms with Crippen molar-refractivity contribution >= 4 is 28.5 Å². The van der Waals surface area contributed by atoms with Crippen molar-refractivity contribution in [3.63, 3.8) is 0 Å². The normalized spacial score (nSPS) is 11.3. The average Bonchev–Trinajstić information content (AvgIpc) is 3.15. The minimum Gasteiger partial charge on any atom is -0.461 e. The van der Waals surface area contributed by atoms with Crippen LogP contribution in [0.5, 0.6) is 0 Å². The largest absolute Gasteiger partial charge is 0.461 e. The van der Waals surface area contributed by atoms with Gasteiger partial charge in [-0.25, -0.2) is 4.79 Å². The minimum atomic E-state index is -0.551. The molecule has 1 aromatic heterocycles. The summed E-state index contributed by atoms with van der Waals surface area (Å²) in [5.74, 6) is -0.551. The fourth-order valence-electron chi connectivity index (χ4n) is 2.11. The molecule has 0 aliphatic rings. The van der Waals surface area contributed by atoms with Gasteiger partial charge in [-0.1, -0.05) is 35.9 Å². The number of aromatic nitrogens is 4. The van der Waals surface area contributed by atoms with E-state index in [4.69, 9.17) is 4.74 Å². The SMILES string of the molecule is CCOC(=O)/C(=N\Nc1ccccc1)Sc1nnnn1-c1ccc(C)cc1. The Balaban J connectivity index is 1.85. The van der Waals surface area contributed by atoms with E-state index in [1.54, 1.807) is 11.6 Å². The van der Waals surface area contributed by atoms with Gasteiger partial charge in [0.05, 0.1) is 18.0 Å². The highest BCUT2D eigenvalue weighted by molar-refractivity contribution is 8.15. The van der Waals surface area contributed by atoms with E-state index in [9.17, 15) is 4.79 Å². The fraction of sp³-hybridized carbons (Fsp3) is 0.167. The summed E-state index contributed by atoms with van der Waals surface area (Å²) in [6, 6.07) is 17.0. The van der Waals surface area contributed by atoms with Crippen molar-refractivity contribution in [2.24, 2.45) is 5.10 Å². The van der Waals surface area contributed by atoms with Crippen molar-refractivity contribution in [1.29, 1.82) is 0 Å². The predicted octanol–water partition coefficient (Wildman–Crippen LogP) is 3.05. The molecule has 0 radical (unpaired) electrons. The quantitative estimate of drug-likeness (QED) is 0.238. The van der Waals surface area contributed by atoms with E-state index in [2.05, 4.69) is 26.1 Å². The van der Waals surface area contributed by atoms with Crippen LogP contribution in [-0.4, -0.2) is 37.8 Å². The zero-order chi connectivity index (χ0) is 19.1. The van der Waals surface area contributed by atoms with Gasteiger partial charge in [0, 0.05) is 0 Å². The summed E-state index contributed by atoms with van der Waals surface area (Å²) in [6.07, 6.45) is 0. The van der Waals surface area contributed by atoms with E-state index in [1.165, 1.54) is 0 Å². The predicted molar refractivity (Wildman–Crippen MR) is 104 cm³/mol. The number of hydrogen-bond acceptors (Lipinski definition) is 8. The lowest BCUT2D eigenvalue weighted by molar-refractivity contribution is -0.134. The number of tetrazole rings is 1. The Morgan fingerprint density at radius 2 is 1.93 bits per heavy atom. The molecule has 3 aromatic rings. The molecule has 1 heterocycles. The number of rotatable bonds is 5. The number of thioether (sulfide) groups is 1. The molecule has 9 heteroatoms. The zero-order valence-corrected chi connectivity index (χ0v) is 15.7. The number of benzene rings is 2. The lowest BCUT2D eigenvalue weighted by Gasteiger charge is -2.07. The van der Waals surface area contributed by atoms with Gasteiger partial charge in [0.15, 0.2) is 0 Å². The maximum absolute atomic E-state index is 12.3. The van der Waals surface area contributed by atoms with Crippen LogP contribution in [0.2, 0.25) is 0 Å². The lowest BCUT2D eigenvalue weighted by Crippen LogP contribution is -2.17. The monoisotopic (exact) mass is 382 g/mol. The van der Waals surface area contributed by atoms with E-state index < -0.39 is 5.97 Å². The minimum absolute atomic E-state index is 0.101. The Kier molecular flexibility index (Phi) is 6.16. The number of carbonyl (C=O) groups excluding carboxylic acids is 1. The fourth-order valence-corrected chi connectivity index (χ4v) is 2.82. The average molecular weight is 382 g/mol. The Morgan fingerprint density at radius 3 is 2.63 bits per heavy atom. The summed E-state index contributed by atoms with van der Waals surface area (Å²) < 4.78 is 6.64. The second-order valence-corrected chi connectivity index (χ2v) is 6.38. The standard InChI is InChI=1S/C18H18N6O2S/c1-3-26-17(25)16(20-19-14-7-5-4-6-8-14)27-18-21-22-23-24(18)15-11-9-13(2)10-12-15/h4-12,19H,3H2,1-2H3/b20-16+. The third kappa shape index (κ3) is 4.91. The van der Waals surface area contributed by atoms with Gasteiger partial charge in [0.25, 0.3) is 0 Å². The number of carbonyl (C=O) groups is 1. The van der Waals surface area contributed by atoms with E-state index in [-0.39, 0.29) is 11.7 Å². The summed E-state index contributed by atoms with van der Waals surface area (Å²) >= 11 is 1.03. The number of nitrogens with zero attached hydrogens (tertiary/aromatic N) is 5. The van der Waals surface area contributed by atoms with Gasteiger partial charge in [0.1, 0.15) is 0 Å². The highest BCUT2D eigenvalue weighted by Crippen LogP contribution is 2.21. The van der Waals surface area contributed by atoms with Gasteiger partial charge < -0.3 is 4.74 Å². The Labute approximate surface area is 160 Å². The van der Waals surface area contributed by atoms with Crippen molar-refractivity contribution in [1.82, 2.24) is 20.2 Å².